The summed E-state index contributed by atoms with van der Waals surface area (Å²) in [6, 6.07) is 14.3. The minimum absolute atomic E-state index is 0.243. The number of hydrogen-bond donors (Lipinski definition) is 0. The summed E-state index contributed by atoms with van der Waals surface area (Å²) in [6.07, 6.45) is -1.28. The number of anilines is 1. The SMILES string of the molecule is CCCCN1CC[C@H](c2ccc(N(C)C)cc2)[C@@H](COc2ccc(OC(F)(F)F)cc2)C1. The maximum atomic E-state index is 12.4. The van der Waals surface area contributed by atoms with Crippen LogP contribution >= 0.6 is 0 Å². The molecular weight excluding hydrogens is 417 g/mol. The molecule has 2 aromatic rings. The number of rotatable bonds is 9. The predicted octanol–water partition coefficient (Wildman–Crippen LogP) is 5.94. The van der Waals surface area contributed by atoms with E-state index >= 15 is 0 Å². The summed E-state index contributed by atoms with van der Waals surface area (Å²) in [6.45, 7) is 5.83. The monoisotopic (exact) mass is 450 g/mol. The fourth-order valence-electron chi connectivity index (χ4n) is 4.26. The van der Waals surface area contributed by atoms with Gasteiger partial charge in [-0.25, -0.2) is 0 Å². The number of ether oxygens (including phenoxy) is 2. The minimum atomic E-state index is -4.69. The van der Waals surface area contributed by atoms with E-state index in [1.165, 1.54) is 48.4 Å². The zero-order valence-corrected chi connectivity index (χ0v) is 19.1. The molecule has 0 bridgehead atoms. The normalized spacial score (nSPS) is 19.6. The summed E-state index contributed by atoms with van der Waals surface area (Å²) in [5.74, 6) is 0.993. The summed E-state index contributed by atoms with van der Waals surface area (Å²) in [4.78, 5) is 4.59. The van der Waals surface area contributed by atoms with Gasteiger partial charge in [-0.3, -0.25) is 0 Å². The van der Waals surface area contributed by atoms with Crippen LogP contribution in [0.2, 0.25) is 0 Å². The lowest BCUT2D eigenvalue weighted by atomic mass is 9.80. The van der Waals surface area contributed by atoms with Gasteiger partial charge in [0.1, 0.15) is 11.5 Å². The average Bonchev–Trinajstić information content (AvgIpc) is 2.76. The van der Waals surface area contributed by atoms with Gasteiger partial charge in [-0.2, -0.15) is 0 Å². The molecule has 2 aromatic carbocycles. The van der Waals surface area contributed by atoms with Crippen LogP contribution < -0.4 is 14.4 Å². The Hall–Kier alpha value is -2.41. The Morgan fingerprint density at radius 1 is 1.00 bits per heavy atom. The van der Waals surface area contributed by atoms with Crippen LogP contribution in [0.5, 0.6) is 11.5 Å². The Balaban J connectivity index is 1.68. The van der Waals surface area contributed by atoms with Crippen LogP contribution in [0.25, 0.3) is 0 Å². The summed E-state index contributed by atoms with van der Waals surface area (Å²) in [7, 11) is 4.06. The van der Waals surface area contributed by atoms with E-state index < -0.39 is 6.36 Å². The zero-order valence-electron chi connectivity index (χ0n) is 19.1. The van der Waals surface area contributed by atoms with Crippen molar-refractivity contribution < 1.29 is 22.6 Å². The fourth-order valence-corrected chi connectivity index (χ4v) is 4.26. The number of likely N-dealkylation sites (tertiary alicyclic amines) is 1. The molecule has 3 rings (SSSR count). The second-order valence-electron chi connectivity index (χ2n) is 8.63. The van der Waals surface area contributed by atoms with Crippen LogP contribution in [0.15, 0.2) is 48.5 Å². The Bertz CT molecular complexity index is 823. The molecule has 1 heterocycles. The number of unbranched alkanes of at least 4 members (excludes halogenated alkanes) is 1. The second-order valence-corrected chi connectivity index (χ2v) is 8.63. The summed E-state index contributed by atoms with van der Waals surface area (Å²) in [5.41, 5.74) is 2.48. The molecule has 1 aliphatic rings. The van der Waals surface area contributed by atoms with Crippen molar-refractivity contribution in [3.63, 3.8) is 0 Å². The van der Waals surface area contributed by atoms with Crippen molar-refractivity contribution in [3.8, 4) is 11.5 Å². The zero-order chi connectivity index (χ0) is 23.1. The van der Waals surface area contributed by atoms with Crippen molar-refractivity contribution in [2.75, 3.05) is 45.2 Å². The van der Waals surface area contributed by atoms with Crippen molar-refractivity contribution >= 4 is 5.69 Å². The number of alkyl halides is 3. The maximum Gasteiger partial charge on any atom is 0.573 e. The Morgan fingerprint density at radius 2 is 1.66 bits per heavy atom. The van der Waals surface area contributed by atoms with E-state index in [1.54, 1.807) is 0 Å². The molecule has 0 spiro atoms. The third-order valence-corrected chi connectivity index (χ3v) is 6.00. The highest BCUT2D eigenvalue weighted by atomic mass is 19.4. The van der Waals surface area contributed by atoms with Crippen LogP contribution in [0.3, 0.4) is 0 Å². The molecule has 7 heteroatoms. The molecule has 0 unspecified atom stereocenters. The van der Waals surface area contributed by atoms with Gasteiger partial charge in [0.15, 0.2) is 0 Å². The largest absolute Gasteiger partial charge is 0.573 e. The first kappa shape index (κ1) is 24.2. The third-order valence-electron chi connectivity index (χ3n) is 6.00. The lowest BCUT2D eigenvalue weighted by Crippen LogP contribution is -2.42. The van der Waals surface area contributed by atoms with Gasteiger partial charge in [0, 0.05) is 32.2 Å². The highest BCUT2D eigenvalue weighted by molar-refractivity contribution is 5.46. The van der Waals surface area contributed by atoms with Gasteiger partial charge in [-0.1, -0.05) is 25.5 Å². The molecular formula is C25H33F3N2O2. The molecule has 2 atom stereocenters. The molecule has 1 aliphatic heterocycles. The number of halogens is 3. The summed E-state index contributed by atoms with van der Waals surface area (Å²) < 4.78 is 47.1. The van der Waals surface area contributed by atoms with Gasteiger partial charge >= 0.3 is 6.36 Å². The topological polar surface area (TPSA) is 24.9 Å². The van der Waals surface area contributed by atoms with E-state index in [9.17, 15) is 13.2 Å². The molecule has 0 aromatic heterocycles. The van der Waals surface area contributed by atoms with Crippen LogP contribution in [0, 0.1) is 5.92 Å². The van der Waals surface area contributed by atoms with E-state index in [0.29, 0.717) is 24.2 Å². The predicted molar refractivity (Wildman–Crippen MR) is 122 cm³/mol. The second kappa shape index (κ2) is 10.9. The number of hydrogen-bond acceptors (Lipinski definition) is 4. The third kappa shape index (κ3) is 7.05. The van der Waals surface area contributed by atoms with Crippen molar-refractivity contribution in [2.45, 2.75) is 38.5 Å². The number of nitrogens with zero attached hydrogens (tertiary/aromatic N) is 2. The quantitative estimate of drug-likeness (QED) is 0.472. The lowest BCUT2D eigenvalue weighted by Gasteiger charge is -2.39. The van der Waals surface area contributed by atoms with Gasteiger partial charge in [-0.15, -0.1) is 13.2 Å². The molecule has 1 saturated heterocycles. The number of benzene rings is 2. The van der Waals surface area contributed by atoms with Gasteiger partial charge in [-0.05, 0) is 73.8 Å². The van der Waals surface area contributed by atoms with Gasteiger partial charge in [0.2, 0.25) is 0 Å². The molecule has 0 radical (unpaired) electrons. The van der Waals surface area contributed by atoms with Crippen LogP contribution in [-0.2, 0) is 0 Å². The van der Waals surface area contributed by atoms with Gasteiger partial charge < -0.3 is 19.3 Å². The van der Waals surface area contributed by atoms with E-state index in [4.69, 9.17) is 4.74 Å². The Labute approximate surface area is 188 Å². The van der Waals surface area contributed by atoms with Crippen molar-refractivity contribution in [3.05, 3.63) is 54.1 Å². The molecule has 176 valence electrons. The van der Waals surface area contributed by atoms with E-state index in [1.807, 2.05) is 14.1 Å². The number of piperidine rings is 1. The molecule has 0 amide bonds. The Kier molecular flexibility index (Phi) is 8.29. The van der Waals surface area contributed by atoms with E-state index in [2.05, 4.69) is 45.7 Å². The van der Waals surface area contributed by atoms with Crippen LogP contribution in [-0.4, -0.2) is 51.6 Å². The molecule has 1 fully saturated rings. The summed E-state index contributed by atoms with van der Waals surface area (Å²) in [5, 5.41) is 0. The van der Waals surface area contributed by atoms with Crippen molar-refractivity contribution in [1.82, 2.24) is 4.90 Å². The first-order chi connectivity index (χ1) is 15.2. The van der Waals surface area contributed by atoms with Gasteiger partial charge in [0.25, 0.3) is 0 Å². The van der Waals surface area contributed by atoms with Crippen LogP contribution in [0.4, 0.5) is 18.9 Å². The van der Waals surface area contributed by atoms with E-state index in [-0.39, 0.29) is 5.75 Å². The highest BCUT2D eigenvalue weighted by Gasteiger charge is 2.32. The van der Waals surface area contributed by atoms with E-state index in [0.717, 1.165) is 26.1 Å². The molecule has 32 heavy (non-hydrogen) atoms. The first-order valence-corrected chi connectivity index (χ1v) is 11.2. The van der Waals surface area contributed by atoms with Crippen molar-refractivity contribution in [2.24, 2.45) is 5.92 Å². The lowest BCUT2D eigenvalue weighted by molar-refractivity contribution is -0.274. The van der Waals surface area contributed by atoms with Crippen molar-refractivity contribution in [1.29, 1.82) is 0 Å². The Morgan fingerprint density at radius 3 is 2.25 bits per heavy atom. The average molecular weight is 451 g/mol. The molecule has 4 nitrogen and oxygen atoms in total. The van der Waals surface area contributed by atoms with Gasteiger partial charge in [0.05, 0.1) is 6.61 Å². The summed E-state index contributed by atoms with van der Waals surface area (Å²) >= 11 is 0. The molecule has 0 aliphatic carbocycles. The molecule has 0 N–H and O–H groups in total. The smallest absolute Gasteiger partial charge is 0.493 e. The highest BCUT2D eigenvalue weighted by Crippen LogP contribution is 2.35. The standard InChI is InChI=1S/C25H33F3N2O2/c1-4-5-15-30-16-14-24(19-6-8-21(9-7-19)29(2)3)20(17-30)18-31-22-10-12-23(13-11-22)32-25(26,27)28/h6-13,20,24H,4-5,14-18H2,1-3H3/t20-,24-/m1/s1. The minimum Gasteiger partial charge on any atom is -0.493 e. The first-order valence-electron chi connectivity index (χ1n) is 11.2. The molecule has 0 saturated carbocycles. The van der Waals surface area contributed by atoms with Crippen LogP contribution in [0.1, 0.15) is 37.7 Å². The fraction of sp³-hybridized carbons (Fsp3) is 0.520. The maximum absolute atomic E-state index is 12.4.